The van der Waals surface area contributed by atoms with E-state index in [1.54, 1.807) is 51.1 Å². The van der Waals surface area contributed by atoms with E-state index >= 15 is 0 Å². The van der Waals surface area contributed by atoms with Crippen LogP contribution in [0.1, 0.15) is 52.9 Å². The Hall–Kier alpha value is 0.0649. The van der Waals surface area contributed by atoms with E-state index < -0.39 is 0 Å². The average Bonchev–Trinajstić information content (AvgIpc) is 2.39. The highest BCUT2D eigenvalue weighted by Gasteiger charge is 2.58. The van der Waals surface area contributed by atoms with Crippen LogP contribution in [0.4, 0.5) is 0 Å². The summed E-state index contributed by atoms with van der Waals surface area (Å²) in [6.07, 6.45) is 12.6. The highest BCUT2D eigenvalue weighted by Crippen LogP contribution is 2.65. The molecule has 5 fully saturated rings. The predicted octanol–water partition coefficient (Wildman–Crippen LogP) is 5.23. The molecule has 6 atom stereocenters. The van der Waals surface area contributed by atoms with Crippen molar-refractivity contribution in [1.29, 1.82) is 0 Å². The summed E-state index contributed by atoms with van der Waals surface area (Å²) in [7, 11) is 0. The molecular formula is C18H31B. The summed E-state index contributed by atoms with van der Waals surface area (Å²) in [5.41, 5.74) is 0.680. The normalized spacial score (nSPS) is 51.6. The van der Waals surface area contributed by atoms with Gasteiger partial charge in [-0.25, -0.2) is 0 Å². The van der Waals surface area contributed by atoms with Crippen LogP contribution in [0.15, 0.2) is 0 Å². The van der Waals surface area contributed by atoms with Crippen LogP contribution in [0.2, 0.25) is 19.0 Å². The molecule has 0 aromatic rings. The first-order valence-corrected chi connectivity index (χ1v) is 9.07. The Bertz CT molecular complexity index is 361. The third-order valence-corrected chi connectivity index (χ3v) is 8.30. The van der Waals surface area contributed by atoms with E-state index in [9.17, 15) is 0 Å². The van der Waals surface area contributed by atoms with E-state index in [2.05, 4.69) is 20.8 Å². The van der Waals surface area contributed by atoms with Crippen LogP contribution in [0.3, 0.4) is 0 Å². The summed E-state index contributed by atoms with van der Waals surface area (Å²) >= 11 is 0. The molecule has 106 valence electrons. The SMILES string of the molecule is CC1C(C2CCB3CCCC2C3)CC2C[C@@H]1C2(C)C. The molecule has 0 amide bonds. The van der Waals surface area contributed by atoms with Crippen LogP contribution in [-0.2, 0) is 0 Å². The highest BCUT2D eigenvalue weighted by atomic mass is 14.6. The van der Waals surface area contributed by atoms with E-state index in [1.807, 2.05) is 0 Å². The Kier molecular flexibility index (Phi) is 2.88. The van der Waals surface area contributed by atoms with Crippen molar-refractivity contribution in [2.24, 2.45) is 40.9 Å². The molecule has 1 heteroatoms. The zero-order valence-electron chi connectivity index (χ0n) is 13.2. The van der Waals surface area contributed by atoms with Gasteiger partial charge in [0.1, 0.15) is 6.71 Å². The lowest BCUT2D eigenvalue weighted by Crippen LogP contribution is -2.57. The van der Waals surface area contributed by atoms with E-state index in [-0.39, 0.29) is 0 Å². The van der Waals surface area contributed by atoms with Crippen molar-refractivity contribution in [1.82, 2.24) is 0 Å². The molecule has 0 aromatic heterocycles. The lowest BCUT2D eigenvalue weighted by atomic mass is 9.31. The molecule has 0 N–H and O–H groups in total. The van der Waals surface area contributed by atoms with Crippen molar-refractivity contribution >= 4 is 6.71 Å². The molecule has 0 radical (unpaired) electrons. The summed E-state index contributed by atoms with van der Waals surface area (Å²) in [6, 6.07) is 0. The molecule has 5 unspecified atom stereocenters. The minimum Gasteiger partial charge on any atom is -0.0741 e. The Balaban J connectivity index is 1.51. The van der Waals surface area contributed by atoms with Gasteiger partial charge in [-0.05, 0) is 53.8 Å². The van der Waals surface area contributed by atoms with Gasteiger partial charge < -0.3 is 0 Å². The average molecular weight is 258 g/mol. The standard InChI is InChI=1S/C18H31B/c1-12-16(9-14-10-17(12)18(14,2)3)15-6-8-19-7-4-5-13(15)11-19/h12-17H,4-11H2,1-3H3/t12?,13?,14?,15?,16?,17-/m0/s1. The fourth-order valence-corrected chi connectivity index (χ4v) is 6.97. The second-order valence-electron chi connectivity index (χ2n) is 9.15. The minimum absolute atomic E-state index is 0.680. The minimum atomic E-state index is 0.680. The van der Waals surface area contributed by atoms with Crippen LogP contribution in [-0.4, -0.2) is 6.71 Å². The van der Waals surface area contributed by atoms with E-state index in [0.717, 1.165) is 42.2 Å². The van der Waals surface area contributed by atoms with Crippen molar-refractivity contribution in [3.8, 4) is 0 Å². The summed E-state index contributed by atoms with van der Waals surface area (Å²) in [5.74, 6) is 6.48. The summed E-state index contributed by atoms with van der Waals surface area (Å²) in [6.45, 7) is 8.84. The maximum absolute atomic E-state index is 2.61. The quantitative estimate of drug-likeness (QED) is 0.565. The molecule has 0 aromatic carbocycles. The molecule has 19 heavy (non-hydrogen) atoms. The third kappa shape index (κ3) is 1.79. The lowest BCUT2D eigenvalue weighted by molar-refractivity contribution is -0.146. The van der Waals surface area contributed by atoms with Crippen molar-refractivity contribution in [3.05, 3.63) is 0 Å². The van der Waals surface area contributed by atoms with E-state index in [0.29, 0.717) is 5.41 Å². The van der Waals surface area contributed by atoms with Gasteiger partial charge >= 0.3 is 0 Å². The predicted molar refractivity (Wildman–Crippen MR) is 83.7 cm³/mol. The van der Waals surface area contributed by atoms with Gasteiger partial charge in [0, 0.05) is 0 Å². The third-order valence-electron chi connectivity index (χ3n) is 8.30. The zero-order chi connectivity index (χ0) is 13.2. The van der Waals surface area contributed by atoms with Crippen LogP contribution in [0.5, 0.6) is 0 Å². The molecular weight excluding hydrogens is 227 g/mol. The second kappa shape index (κ2) is 4.28. The summed E-state index contributed by atoms with van der Waals surface area (Å²) < 4.78 is 0. The first-order chi connectivity index (χ1) is 9.07. The van der Waals surface area contributed by atoms with Crippen LogP contribution in [0.25, 0.3) is 0 Å². The highest BCUT2D eigenvalue weighted by molar-refractivity contribution is 6.59. The van der Waals surface area contributed by atoms with Crippen molar-refractivity contribution in [2.45, 2.75) is 71.8 Å². The van der Waals surface area contributed by atoms with Crippen molar-refractivity contribution in [2.75, 3.05) is 0 Å². The van der Waals surface area contributed by atoms with Gasteiger partial charge in [-0.15, -0.1) is 0 Å². The molecule has 0 nitrogen and oxygen atoms in total. The summed E-state index contributed by atoms with van der Waals surface area (Å²) in [4.78, 5) is 0. The molecule has 3 saturated carbocycles. The molecule has 3 aliphatic carbocycles. The van der Waals surface area contributed by atoms with Gasteiger partial charge in [-0.2, -0.15) is 0 Å². The first-order valence-electron chi connectivity index (χ1n) is 9.07. The number of hydrogen-bond donors (Lipinski definition) is 0. The molecule has 5 rings (SSSR count). The second-order valence-corrected chi connectivity index (χ2v) is 9.15. The first kappa shape index (κ1) is 12.8. The Labute approximate surface area is 120 Å². The topological polar surface area (TPSA) is 0 Å². The maximum Gasteiger partial charge on any atom is 0.140 e. The maximum atomic E-state index is 2.61. The molecule has 4 bridgehead atoms. The molecule has 5 aliphatic rings. The molecule has 2 aliphatic heterocycles. The molecule has 2 saturated heterocycles. The lowest BCUT2D eigenvalue weighted by Gasteiger charge is -2.64. The van der Waals surface area contributed by atoms with Crippen molar-refractivity contribution in [3.63, 3.8) is 0 Å². The Morgan fingerprint density at radius 1 is 1.00 bits per heavy atom. The van der Waals surface area contributed by atoms with Gasteiger partial charge in [0.15, 0.2) is 0 Å². The van der Waals surface area contributed by atoms with Crippen LogP contribution in [0, 0.1) is 40.9 Å². The number of rotatable bonds is 1. The molecule has 0 spiro atoms. The van der Waals surface area contributed by atoms with E-state index in [1.165, 1.54) is 0 Å². The van der Waals surface area contributed by atoms with Gasteiger partial charge in [-0.3, -0.25) is 0 Å². The van der Waals surface area contributed by atoms with Crippen LogP contribution >= 0.6 is 0 Å². The fraction of sp³-hybridized carbons (Fsp3) is 1.00. The summed E-state index contributed by atoms with van der Waals surface area (Å²) in [5, 5.41) is 0. The smallest absolute Gasteiger partial charge is 0.0741 e. The van der Waals surface area contributed by atoms with Crippen molar-refractivity contribution < 1.29 is 0 Å². The largest absolute Gasteiger partial charge is 0.140 e. The van der Waals surface area contributed by atoms with Gasteiger partial charge in [0.05, 0.1) is 0 Å². The monoisotopic (exact) mass is 258 g/mol. The fourth-order valence-electron chi connectivity index (χ4n) is 6.97. The van der Waals surface area contributed by atoms with Gasteiger partial charge in [-0.1, -0.05) is 59.0 Å². The Morgan fingerprint density at radius 2 is 1.84 bits per heavy atom. The molecule has 2 heterocycles. The Morgan fingerprint density at radius 3 is 2.58 bits per heavy atom. The zero-order valence-corrected chi connectivity index (χ0v) is 13.2. The van der Waals surface area contributed by atoms with Gasteiger partial charge in [0.2, 0.25) is 0 Å². The number of fused-ring (bicyclic) bond motifs is 4. The van der Waals surface area contributed by atoms with Gasteiger partial charge in [0.25, 0.3) is 0 Å². The number of hydrogen-bond acceptors (Lipinski definition) is 0. The van der Waals surface area contributed by atoms with E-state index in [4.69, 9.17) is 0 Å². The van der Waals surface area contributed by atoms with Crippen LogP contribution < -0.4 is 0 Å².